The van der Waals surface area contributed by atoms with Crippen molar-refractivity contribution in [2.24, 2.45) is 0 Å². The number of nitrogens with zero attached hydrogens (tertiary/aromatic N) is 2. The van der Waals surface area contributed by atoms with Crippen molar-refractivity contribution in [2.75, 3.05) is 24.3 Å². The zero-order valence-electron chi connectivity index (χ0n) is 13.0. The van der Waals surface area contributed by atoms with E-state index in [1.165, 1.54) is 0 Å². The van der Waals surface area contributed by atoms with Crippen molar-refractivity contribution in [3.8, 4) is 5.75 Å². The van der Waals surface area contributed by atoms with Gasteiger partial charge in [-0.2, -0.15) is 0 Å². The molecule has 1 aromatic heterocycles. The van der Waals surface area contributed by atoms with Crippen LogP contribution in [0.2, 0.25) is 0 Å². The maximum Gasteiger partial charge on any atom is 0.142 e. The fraction of sp³-hybridized carbons (Fsp3) is 0.375. The van der Waals surface area contributed by atoms with Gasteiger partial charge in [-0.05, 0) is 19.1 Å². The molecule has 2 aromatic rings. The molecule has 0 atom stereocenters. The monoisotopic (exact) mass is 286 g/mol. The number of hydrogen-bond donors (Lipinski definition) is 2. The standard InChI is InChI=1S/C16H22N4O/c1-5-17-14-10-15(20-16(19-14)11(2)3)18-12-8-6-7-9-13(12)21-4/h6-11H,5H2,1-4H3,(H2,17,18,19,20). The molecule has 0 aliphatic carbocycles. The van der Waals surface area contributed by atoms with Crippen LogP contribution in [-0.4, -0.2) is 23.6 Å². The second kappa shape index (κ2) is 6.92. The Kier molecular flexibility index (Phi) is 4.98. The Balaban J connectivity index is 2.34. The summed E-state index contributed by atoms with van der Waals surface area (Å²) < 4.78 is 5.35. The van der Waals surface area contributed by atoms with Gasteiger partial charge in [0, 0.05) is 18.5 Å². The molecule has 112 valence electrons. The van der Waals surface area contributed by atoms with Crippen LogP contribution in [-0.2, 0) is 0 Å². The molecule has 0 unspecified atom stereocenters. The van der Waals surface area contributed by atoms with Gasteiger partial charge in [-0.1, -0.05) is 26.0 Å². The molecule has 0 saturated carbocycles. The average Bonchev–Trinajstić information content (AvgIpc) is 2.48. The van der Waals surface area contributed by atoms with Crippen LogP contribution in [0.25, 0.3) is 0 Å². The largest absolute Gasteiger partial charge is 0.495 e. The molecule has 0 aliphatic heterocycles. The SMILES string of the molecule is CCNc1cc(Nc2ccccc2OC)nc(C(C)C)n1. The molecule has 0 radical (unpaired) electrons. The minimum absolute atomic E-state index is 0.266. The fourth-order valence-corrected chi connectivity index (χ4v) is 1.95. The van der Waals surface area contributed by atoms with E-state index in [0.717, 1.165) is 35.4 Å². The van der Waals surface area contributed by atoms with Gasteiger partial charge in [-0.25, -0.2) is 9.97 Å². The summed E-state index contributed by atoms with van der Waals surface area (Å²) in [6.45, 7) is 7.03. The summed E-state index contributed by atoms with van der Waals surface area (Å²) in [4.78, 5) is 9.08. The van der Waals surface area contributed by atoms with Gasteiger partial charge < -0.3 is 15.4 Å². The Bertz CT molecular complexity index is 599. The lowest BCUT2D eigenvalue weighted by Gasteiger charge is -2.14. The number of rotatable bonds is 6. The summed E-state index contributed by atoms with van der Waals surface area (Å²) in [6.07, 6.45) is 0. The molecule has 0 spiro atoms. The highest BCUT2D eigenvalue weighted by Gasteiger charge is 2.09. The summed E-state index contributed by atoms with van der Waals surface area (Å²) in [5, 5.41) is 6.54. The molecule has 0 bridgehead atoms. The summed E-state index contributed by atoms with van der Waals surface area (Å²) in [5.74, 6) is 3.45. The molecule has 5 nitrogen and oxygen atoms in total. The summed E-state index contributed by atoms with van der Waals surface area (Å²) in [7, 11) is 1.66. The van der Waals surface area contributed by atoms with E-state index in [1.54, 1.807) is 7.11 Å². The van der Waals surface area contributed by atoms with Crippen LogP contribution in [0, 0.1) is 0 Å². The Labute approximate surface area is 125 Å². The van der Waals surface area contributed by atoms with Gasteiger partial charge in [0.05, 0.1) is 12.8 Å². The van der Waals surface area contributed by atoms with E-state index in [2.05, 4.69) is 34.4 Å². The lowest BCUT2D eigenvalue weighted by Crippen LogP contribution is -2.07. The number of benzene rings is 1. The van der Waals surface area contributed by atoms with Crippen molar-refractivity contribution >= 4 is 17.3 Å². The maximum atomic E-state index is 5.35. The van der Waals surface area contributed by atoms with Crippen molar-refractivity contribution < 1.29 is 4.74 Å². The number of methoxy groups -OCH3 is 1. The lowest BCUT2D eigenvalue weighted by atomic mass is 10.2. The van der Waals surface area contributed by atoms with Crippen molar-refractivity contribution in [1.29, 1.82) is 0 Å². The van der Waals surface area contributed by atoms with Crippen molar-refractivity contribution in [1.82, 2.24) is 9.97 Å². The molecule has 1 aromatic carbocycles. The predicted molar refractivity (Wildman–Crippen MR) is 86.6 cm³/mol. The second-order valence-corrected chi connectivity index (χ2v) is 5.01. The minimum atomic E-state index is 0.266. The van der Waals surface area contributed by atoms with Crippen LogP contribution in [0.3, 0.4) is 0 Å². The first-order valence-corrected chi connectivity index (χ1v) is 7.17. The van der Waals surface area contributed by atoms with E-state index in [4.69, 9.17) is 4.74 Å². The van der Waals surface area contributed by atoms with Gasteiger partial charge >= 0.3 is 0 Å². The van der Waals surface area contributed by atoms with E-state index < -0.39 is 0 Å². The normalized spacial score (nSPS) is 10.5. The molecule has 5 heteroatoms. The van der Waals surface area contributed by atoms with Crippen LogP contribution in [0.15, 0.2) is 30.3 Å². The molecule has 0 fully saturated rings. The highest BCUT2D eigenvalue weighted by Crippen LogP contribution is 2.27. The van der Waals surface area contributed by atoms with Crippen molar-refractivity contribution in [3.63, 3.8) is 0 Å². The molecular weight excluding hydrogens is 264 g/mol. The Morgan fingerprint density at radius 2 is 1.86 bits per heavy atom. The van der Waals surface area contributed by atoms with E-state index in [9.17, 15) is 0 Å². The Morgan fingerprint density at radius 3 is 2.52 bits per heavy atom. The van der Waals surface area contributed by atoms with Gasteiger partial charge in [0.2, 0.25) is 0 Å². The number of para-hydroxylation sites is 2. The Hall–Kier alpha value is -2.30. The quantitative estimate of drug-likeness (QED) is 0.846. The van der Waals surface area contributed by atoms with Gasteiger partial charge in [0.1, 0.15) is 23.2 Å². The van der Waals surface area contributed by atoms with Crippen LogP contribution in [0.5, 0.6) is 5.75 Å². The zero-order chi connectivity index (χ0) is 15.2. The first kappa shape index (κ1) is 15.1. The first-order chi connectivity index (χ1) is 10.1. The Morgan fingerprint density at radius 1 is 1.14 bits per heavy atom. The lowest BCUT2D eigenvalue weighted by molar-refractivity contribution is 0.417. The van der Waals surface area contributed by atoms with Crippen LogP contribution in [0.4, 0.5) is 17.3 Å². The molecule has 2 rings (SSSR count). The summed E-state index contributed by atoms with van der Waals surface area (Å²) in [5.41, 5.74) is 0.885. The number of aromatic nitrogens is 2. The number of nitrogens with one attached hydrogen (secondary N) is 2. The van der Waals surface area contributed by atoms with Gasteiger partial charge in [-0.3, -0.25) is 0 Å². The third kappa shape index (κ3) is 3.84. The van der Waals surface area contributed by atoms with E-state index >= 15 is 0 Å². The van der Waals surface area contributed by atoms with Gasteiger partial charge in [-0.15, -0.1) is 0 Å². The second-order valence-electron chi connectivity index (χ2n) is 5.01. The van der Waals surface area contributed by atoms with Crippen LogP contribution >= 0.6 is 0 Å². The zero-order valence-corrected chi connectivity index (χ0v) is 13.0. The molecule has 0 aliphatic rings. The van der Waals surface area contributed by atoms with Crippen LogP contribution < -0.4 is 15.4 Å². The average molecular weight is 286 g/mol. The first-order valence-electron chi connectivity index (χ1n) is 7.17. The van der Waals surface area contributed by atoms with E-state index in [0.29, 0.717) is 0 Å². The maximum absolute atomic E-state index is 5.35. The summed E-state index contributed by atoms with van der Waals surface area (Å²) >= 11 is 0. The van der Waals surface area contributed by atoms with Crippen molar-refractivity contribution in [3.05, 3.63) is 36.2 Å². The highest BCUT2D eigenvalue weighted by molar-refractivity contribution is 5.65. The smallest absolute Gasteiger partial charge is 0.142 e. The van der Waals surface area contributed by atoms with Gasteiger partial charge in [0.15, 0.2) is 0 Å². The highest BCUT2D eigenvalue weighted by atomic mass is 16.5. The molecule has 21 heavy (non-hydrogen) atoms. The number of ether oxygens (including phenoxy) is 1. The summed E-state index contributed by atoms with van der Waals surface area (Å²) in [6, 6.07) is 9.68. The van der Waals surface area contributed by atoms with Crippen LogP contribution in [0.1, 0.15) is 32.5 Å². The minimum Gasteiger partial charge on any atom is -0.495 e. The number of anilines is 3. The van der Waals surface area contributed by atoms with E-state index in [1.807, 2.05) is 37.3 Å². The van der Waals surface area contributed by atoms with Crippen molar-refractivity contribution in [2.45, 2.75) is 26.7 Å². The fourth-order valence-electron chi connectivity index (χ4n) is 1.95. The molecule has 0 saturated heterocycles. The molecule has 2 N–H and O–H groups in total. The van der Waals surface area contributed by atoms with Gasteiger partial charge in [0.25, 0.3) is 0 Å². The topological polar surface area (TPSA) is 59.1 Å². The number of hydrogen-bond acceptors (Lipinski definition) is 5. The molecule has 0 amide bonds. The predicted octanol–water partition coefficient (Wildman–Crippen LogP) is 3.78. The molecular formula is C16H22N4O. The third-order valence-electron chi connectivity index (χ3n) is 2.99. The third-order valence-corrected chi connectivity index (χ3v) is 2.99. The molecule has 1 heterocycles. The van der Waals surface area contributed by atoms with E-state index in [-0.39, 0.29) is 5.92 Å².